The average molecular weight is 296 g/mol. The summed E-state index contributed by atoms with van der Waals surface area (Å²) in [5, 5.41) is 0. The quantitative estimate of drug-likeness (QED) is 0.495. The molecule has 0 fully saturated rings. The molecule has 0 spiro atoms. The highest BCUT2D eigenvalue weighted by Gasteiger charge is 1.96. The minimum absolute atomic E-state index is 0. The number of nitrogens with zero attached hydrogens (tertiary/aromatic N) is 3. The van der Waals surface area contributed by atoms with Crippen molar-refractivity contribution in [3.8, 4) is 0 Å². The molecule has 0 aliphatic heterocycles. The number of oxazole rings is 1. The molecule has 6 heteroatoms. The minimum atomic E-state index is 0. The Morgan fingerprint density at radius 1 is 1.69 bits per heavy atom. The third kappa shape index (κ3) is 4.11. The van der Waals surface area contributed by atoms with Gasteiger partial charge in [-0.3, -0.25) is 0 Å². The minimum Gasteiger partial charge on any atom is -0.451 e. The van der Waals surface area contributed by atoms with E-state index in [1.807, 2.05) is 14.1 Å². The smallest absolute Gasteiger partial charge is 0.191 e. The van der Waals surface area contributed by atoms with Gasteiger partial charge in [-0.1, -0.05) is 0 Å². The summed E-state index contributed by atoms with van der Waals surface area (Å²) in [4.78, 5) is 9.70. The Morgan fingerprint density at radius 2 is 2.38 bits per heavy atom. The van der Waals surface area contributed by atoms with E-state index in [0.717, 1.165) is 5.69 Å². The lowest BCUT2D eigenvalue weighted by Crippen LogP contribution is -2.30. The predicted molar refractivity (Wildman–Crippen MR) is 60.9 cm³/mol. The first kappa shape index (κ1) is 12.2. The summed E-state index contributed by atoms with van der Waals surface area (Å²) in [6.45, 7) is 0.459. The number of hydrogen-bond donors (Lipinski definition) is 1. The normalized spacial score (nSPS) is 10.8. The van der Waals surface area contributed by atoms with Crippen LogP contribution in [-0.2, 0) is 6.54 Å². The van der Waals surface area contributed by atoms with E-state index in [1.165, 1.54) is 6.39 Å². The van der Waals surface area contributed by atoms with Gasteiger partial charge in [-0.05, 0) is 0 Å². The third-order valence-electron chi connectivity index (χ3n) is 1.34. The Labute approximate surface area is 94.0 Å². The van der Waals surface area contributed by atoms with Crippen molar-refractivity contribution in [2.24, 2.45) is 10.7 Å². The molecular weight excluding hydrogens is 283 g/mol. The van der Waals surface area contributed by atoms with Gasteiger partial charge in [0.05, 0.1) is 6.54 Å². The van der Waals surface area contributed by atoms with Crippen LogP contribution < -0.4 is 5.73 Å². The van der Waals surface area contributed by atoms with E-state index in [1.54, 1.807) is 11.2 Å². The number of hydrogen-bond acceptors (Lipinski definition) is 3. The van der Waals surface area contributed by atoms with Crippen LogP contribution in [0.1, 0.15) is 5.69 Å². The Balaban J connectivity index is 0.00000144. The standard InChI is InChI=1S/C7H12N4O.HI/c1-11(2)7(8)9-3-6-4-12-5-10-6;/h4-5H,3H2,1-2H3,(H2,8,9);1H. The average Bonchev–Trinajstić information content (AvgIpc) is 2.51. The highest BCUT2D eigenvalue weighted by Crippen LogP contribution is 1.96. The van der Waals surface area contributed by atoms with Gasteiger partial charge in [0, 0.05) is 14.1 Å². The molecule has 13 heavy (non-hydrogen) atoms. The summed E-state index contributed by atoms with van der Waals surface area (Å²) in [6, 6.07) is 0. The molecule has 0 aliphatic carbocycles. The monoisotopic (exact) mass is 296 g/mol. The van der Waals surface area contributed by atoms with Gasteiger partial charge in [-0.15, -0.1) is 24.0 Å². The van der Waals surface area contributed by atoms with Crippen molar-refractivity contribution in [3.05, 3.63) is 18.4 Å². The Kier molecular flexibility index (Phi) is 5.44. The number of aromatic nitrogens is 1. The van der Waals surface area contributed by atoms with Gasteiger partial charge in [-0.2, -0.15) is 0 Å². The molecule has 0 saturated carbocycles. The second-order valence-corrected chi connectivity index (χ2v) is 2.55. The molecule has 1 heterocycles. The lowest BCUT2D eigenvalue weighted by Gasteiger charge is -2.09. The van der Waals surface area contributed by atoms with Gasteiger partial charge in [0.15, 0.2) is 12.4 Å². The third-order valence-corrected chi connectivity index (χ3v) is 1.34. The molecule has 1 aromatic rings. The molecule has 0 saturated heterocycles. The van der Waals surface area contributed by atoms with Crippen LogP contribution in [0.3, 0.4) is 0 Å². The fraction of sp³-hybridized carbons (Fsp3) is 0.429. The maximum Gasteiger partial charge on any atom is 0.191 e. The molecule has 74 valence electrons. The lowest BCUT2D eigenvalue weighted by atomic mass is 10.5. The first-order valence-corrected chi connectivity index (χ1v) is 3.54. The molecule has 0 aromatic carbocycles. The van der Waals surface area contributed by atoms with Crippen LogP contribution in [-0.4, -0.2) is 29.9 Å². The number of halogens is 1. The molecule has 5 nitrogen and oxygen atoms in total. The number of guanidine groups is 1. The fourth-order valence-corrected chi connectivity index (χ4v) is 0.619. The van der Waals surface area contributed by atoms with Crippen molar-refractivity contribution in [3.63, 3.8) is 0 Å². The van der Waals surface area contributed by atoms with Crippen LogP contribution in [0.2, 0.25) is 0 Å². The van der Waals surface area contributed by atoms with Crippen LogP contribution in [0, 0.1) is 0 Å². The molecule has 0 unspecified atom stereocenters. The van der Waals surface area contributed by atoms with Crippen molar-refractivity contribution < 1.29 is 4.42 Å². The van der Waals surface area contributed by atoms with Gasteiger partial charge in [0.1, 0.15) is 12.0 Å². The Morgan fingerprint density at radius 3 is 2.85 bits per heavy atom. The zero-order valence-corrected chi connectivity index (χ0v) is 9.93. The van der Waals surface area contributed by atoms with Crippen molar-refractivity contribution in [2.75, 3.05) is 14.1 Å². The molecular formula is C7H13IN4O. The largest absolute Gasteiger partial charge is 0.451 e. The summed E-state index contributed by atoms with van der Waals surface area (Å²) in [5.41, 5.74) is 6.33. The molecule has 0 bridgehead atoms. The van der Waals surface area contributed by atoms with Gasteiger partial charge >= 0.3 is 0 Å². The summed E-state index contributed by atoms with van der Waals surface area (Å²) in [7, 11) is 3.67. The summed E-state index contributed by atoms with van der Waals surface area (Å²) in [6.07, 6.45) is 2.92. The highest BCUT2D eigenvalue weighted by atomic mass is 127. The first-order valence-electron chi connectivity index (χ1n) is 3.54. The van der Waals surface area contributed by atoms with Crippen molar-refractivity contribution >= 4 is 29.9 Å². The maximum absolute atomic E-state index is 5.55. The maximum atomic E-state index is 5.55. The second kappa shape index (κ2) is 5.79. The van der Waals surface area contributed by atoms with Crippen molar-refractivity contribution in [1.29, 1.82) is 0 Å². The van der Waals surface area contributed by atoms with E-state index in [0.29, 0.717) is 12.5 Å². The summed E-state index contributed by atoms with van der Waals surface area (Å²) < 4.78 is 4.77. The van der Waals surface area contributed by atoms with Crippen LogP contribution in [0.15, 0.2) is 22.1 Å². The van der Waals surface area contributed by atoms with Crippen molar-refractivity contribution in [2.45, 2.75) is 6.54 Å². The Hall–Kier alpha value is -0.790. The van der Waals surface area contributed by atoms with Gasteiger partial charge in [0.25, 0.3) is 0 Å². The van der Waals surface area contributed by atoms with E-state index in [-0.39, 0.29) is 24.0 Å². The molecule has 0 atom stereocenters. The van der Waals surface area contributed by atoms with E-state index >= 15 is 0 Å². The predicted octanol–water partition coefficient (Wildman–Crippen LogP) is 0.669. The molecule has 1 rings (SSSR count). The van der Waals surface area contributed by atoms with E-state index in [4.69, 9.17) is 10.2 Å². The SMILES string of the molecule is CN(C)C(N)=NCc1cocn1.I. The van der Waals surface area contributed by atoms with E-state index < -0.39 is 0 Å². The zero-order valence-electron chi connectivity index (χ0n) is 7.60. The van der Waals surface area contributed by atoms with Gasteiger partial charge < -0.3 is 15.1 Å². The highest BCUT2D eigenvalue weighted by molar-refractivity contribution is 14.0. The topological polar surface area (TPSA) is 67.7 Å². The van der Waals surface area contributed by atoms with E-state index in [9.17, 15) is 0 Å². The number of rotatable bonds is 2. The van der Waals surface area contributed by atoms with Crippen molar-refractivity contribution in [1.82, 2.24) is 9.88 Å². The Bertz CT molecular complexity index is 257. The van der Waals surface area contributed by atoms with Gasteiger partial charge in [0.2, 0.25) is 0 Å². The summed E-state index contributed by atoms with van der Waals surface area (Å²) in [5.74, 6) is 0.484. The number of aliphatic imine (C=N–C) groups is 1. The van der Waals surface area contributed by atoms with Crippen LogP contribution in [0.4, 0.5) is 0 Å². The number of nitrogens with two attached hydrogens (primary N) is 1. The molecule has 2 N–H and O–H groups in total. The van der Waals surface area contributed by atoms with Crippen LogP contribution in [0.25, 0.3) is 0 Å². The van der Waals surface area contributed by atoms with Gasteiger partial charge in [-0.25, -0.2) is 9.98 Å². The molecule has 0 aliphatic rings. The second-order valence-electron chi connectivity index (χ2n) is 2.55. The van der Waals surface area contributed by atoms with E-state index in [2.05, 4.69) is 9.98 Å². The fourth-order valence-electron chi connectivity index (χ4n) is 0.619. The van der Waals surface area contributed by atoms with Crippen LogP contribution in [0.5, 0.6) is 0 Å². The first-order chi connectivity index (χ1) is 5.70. The molecule has 1 aromatic heterocycles. The zero-order chi connectivity index (χ0) is 8.97. The lowest BCUT2D eigenvalue weighted by molar-refractivity contribution is 0.556. The van der Waals surface area contributed by atoms with Crippen LogP contribution >= 0.6 is 24.0 Å². The molecule has 0 amide bonds. The molecule has 0 radical (unpaired) electrons. The summed E-state index contributed by atoms with van der Waals surface area (Å²) >= 11 is 0.